The first kappa shape index (κ1) is 20.0. The number of hydrogen-bond acceptors (Lipinski definition) is 4. The number of carbonyl (C=O) groups is 1. The molecule has 0 aliphatic heterocycles. The molecule has 1 aromatic heterocycles. The Hall–Kier alpha value is -2.77. The number of amides is 1. The van der Waals surface area contributed by atoms with Gasteiger partial charge in [0.05, 0.1) is 17.9 Å². The van der Waals surface area contributed by atoms with Crippen LogP contribution in [0.4, 0.5) is 10.1 Å². The Bertz CT molecular complexity index is 928. The normalized spacial score (nSPS) is 12.2. The Labute approximate surface area is 167 Å². The van der Waals surface area contributed by atoms with E-state index in [1.54, 1.807) is 41.3 Å². The number of nitrogens with one attached hydrogen (secondary N) is 2. The molecule has 0 radical (unpaired) electrons. The van der Waals surface area contributed by atoms with Crippen molar-refractivity contribution < 1.29 is 9.18 Å². The molecule has 0 aliphatic rings. The lowest BCUT2D eigenvalue weighted by atomic mass is 9.96. The van der Waals surface area contributed by atoms with Crippen molar-refractivity contribution in [1.82, 2.24) is 20.1 Å². The van der Waals surface area contributed by atoms with Crippen molar-refractivity contribution in [2.45, 2.75) is 19.9 Å². The van der Waals surface area contributed by atoms with Crippen LogP contribution >= 0.6 is 11.6 Å². The second-order valence-corrected chi connectivity index (χ2v) is 7.14. The zero-order chi connectivity index (χ0) is 20.1. The third-order valence-electron chi connectivity index (χ3n) is 4.28. The number of halogens is 2. The van der Waals surface area contributed by atoms with E-state index in [-0.39, 0.29) is 30.2 Å². The summed E-state index contributed by atoms with van der Waals surface area (Å²) in [7, 11) is 0. The van der Waals surface area contributed by atoms with E-state index in [1.807, 2.05) is 13.8 Å². The van der Waals surface area contributed by atoms with Crippen LogP contribution in [-0.2, 0) is 4.79 Å². The Morgan fingerprint density at radius 1 is 1.21 bits per heavy atom. The van der Waals surface area contributed by atoms with Gasteiger partial charge in [-0.1, -0.05) is 37.6 Å². The first-order valence-corrected chi connectivity index (χ1v) is 9.25. The molecule has 28 heavy (non-hydrogen) atoms. The monoisotopic (exact) mass is 401 g/mol. The molecule has 1 atom stereocenters. The molecule has 2 aromatic carbocycles. The van der Waals surface area contributed by atoms with Gasteiger partial charge in [-0.3, -0.25) is 4.79 Å². The van der Waals surface area contributed by atoms with Gasteiger partial charge in [-0.25, -0.2) is 14.1 Å². The Morgan fingerprint density at radius 3 is 2.61 bits per heavy atom. The van der Waals surface area contributed by atoms with E-state index < -0.39 is 0 Å². The Balaban J connectivity index is 1.70. The van der Waals surface area contributed by atoms with Crippen molar-refractivity contribution in [1.29, 1.82) is 0 Å². The van der Waals surface area contributed by atoms with Crippen LogP contribution in [0.3, 0.4) is 0 Å². The average molecular weight is 402 g/mol. The van der Waals surface area contributed by atoms with E-state index in [2.05, 4.69) is 20.7 Å². The van der Waals surface area contributed by atoms with Crippen LogP contribution in [0.1, 0.15) is 25.5 Å². The van der Waals surface area contributed by atoms with Gasteiger partial charge < -0.3 is 10.6 Å². The number of aromatic nitrogens is 3. The average Bonchev–Trinajstić information content (AvgIpc) is 3.17. The predicted octanol–water partition coefficient (Wildman–Crippen LogP) is 3.99. The lowest BCUT2D eigenvalue weighted by Crippen LogP contribution is -2.33. The fraction of sp³-hybridized carbons (Fsp3) is 0.250. The summed E-state index contributed by atoms with van der Waals surface area (Å²) >= 11 is 6.08. The molecule has 0 bridgehead atoms. The highest BCUT2D eigenvalue weighted by atomic mass is 35.5. The van der Waals surface area contributed by atoms with Crippen molar-refractivity contribution in [3.05, 3.63) is 71.5 Å². The molecule has 3 rings (SSSR count). The maximum absolute atomic E-state index is 13.2. The topological polar surface area (TPSA) is 71.8 Å². The predicted molar refractivity (Wildman–Crippen MR) is 107 cm³/mol. The van der Waals surface area contributed by atoms with E-state index in [1.165, 1.54) is 18.5 Å². The fourth-order valence-corrected chi connectivity index (χ4v) is 3.12. The lowest BCUT2D eigenvalue weighted by Gasteiger charge is -2.23. The minimum Gasteiger partial charge on any atom is -0.323 e. The second-order valence-electron chi connectivity index (χ2n) is 6.70. The first-order chi connectivity index (χ1) is 13.4. The number of hydrogen-bond donors (Lipinski definition) is 2. The number of anilines is 1. The van der Waals surface area contributed by atoms with Crippen molar-refractivity contribution >= 4 is 23.2 Å². The standard InChI is InChI=1S/C20H21ClFN5O/c1-13(2)20(14-3-6-16(22)7-4-14)24-10-19(28)26-17-9-15(21)5-8-18(17)27-12-23-11-25-27/h3-9,11-13,20,24H,10H2,1-2H3,(H,26,28). The summed E-state index contributed by atoms with van der Waals surface area (Å²) in [5.74, 6) is -0.294. The summed E-state index contributed by atoms with van der Waals surface area (Å²) in [6.45, 7) is 4.17. The molecular formula is C20H21ClFN5O. The minimum atomic E-state index is -0.286. The largest absolute Gasteiger partial charge is 0.323 e. The number of rotatable bonds is 7. The molecule has 0 spiro atoms. The third kappa shape index (κ3) is 4.94. The fourth-order valence-electron chi connectivity index (χ4n) is 2.95. The SMILES string of the molecule is CC(C)C(NCC(=O)Nc1cc(Cl)ccc1-n1cncn1)c1ccc(F)cc1. The van der Waals surface area contributed by atoms with E-state index in [0.29, 0.717) is 16.4 Å². The van der Waals surface area contributed by atoms with Gasteiger partial charge >= 0.3 is 0 Å². The van der Waals surface area contributed by atoms with E-state index in [9.17, 15) is 9.18 Å². The Morgan fingerprint density at radius 2 is 1.96 bits per heavy atom. The Kier molecular flexibility index (Phi) is 6.38. The molecule has 0 fully saturated rings. The van der Waals surface area contributed by atoms with Gasteiger partial charge in [-0.2, -0.15) is 5.10 Å². The van der Waals surface area contributed by atoms with Crippen LogP contribution in [0.15, 0.2) is 55.1 Å². The molecule has 1 amide bonds. The van der Waals surface area contributed by atoms with Crippen LogP contribution in [-0.4, -0.2) is 27.2 Å². The van der Waals surface area contributed by atoms with Crippen LogP contribution in [0, 0.1) is 11.7 Å². The van der Waals surface area contributed by atoms with Crippen molar-refractivity contribution in [3.8, 4) is 5.69 Å². The molecular weight excluding hydrogens is 381 g/mol. The third-order valence-corrected chi connectivity index (χ3v) is 4.51. The van der Waals surface area contributed by atoms with E-state index >= 15 is 0 Å². The molecule has 6 nitrogen and oxygen atoms in total. The summed E-state index contributed by atoms with van der Waals surface area (Å²) in [5.41, 5.74) is 2.12. The van der Waals surface area contributed by atoms with Crippen molar-refractivity contribution in [2.75, 3.05) is 11.9 Å². The van der Waals surface area contributed by atoms with Gasteiger partial charge in [-0.05, 0) is 41.8 Å². The molecule has 1 unspecified atom stereocenters. The molecule has 1 heterocycles. The van der Waals surface area contributed by atoms with Crippen LogP contribution in [0.2, 0.25) is 5.02 Å². The highest BCUT2D eigenvalue weighted by molar-refractivity contribution is 6.31. The molecule has 2 N–H and O–H groups in total. The van der Waals surface area contributed by atoms with Gasteiger partial charge in [0.25, 0.3) is 0 Å². The number of carbonyl (C=O) groups excluding carboxylic acids is 1. The van der Waals surface area contributed by atoms with Crippen molar-refractivity contribution in [3.63, 3.8) is 0 Å². The quantitative estimate of drug-likeness (QED) is 0.628. The van der Waals surface area contributed by atoms with E-state index in [4.69, 9.17) is 11.6 Å². The summed E-state index contributed by atoms with van der Waals surface area (Å²) in [4.78, 5) is 16.5. The smallest absolute Gasteiger partial charge is 0.238 e. The summed E-state index contributed by atoms with van der Waals surface area (Å²) in [5, 5.41) is 10.7. The molecule has 8 heteroatoms. The molecule has 146 valence electrons. The van der Waals surface area contributed by atoms with Gasteiger partial charge in [0.1, 0.15) is 18.5 Å². The molecule has 0 saturated heterocycles. The molecule has 0 saturated carbocycles. The summed E-state index contributed by atoms with van der Waals surface area (Å²) < 4.78 is 14.7. The minimum absolute atomic E-state index is 0.0829. The van der Waals surface area contributed by atoms with Gasteiger partial charge in [0.2, 0.25) is 5.91 Å². The van der Waals surface area contributed by atoms with Crippen molar-refractivity contribution in [2.24, 2.45) is 5.92 Å². The lowest BCUT2D eigenvalue weighted by molar-refractivity contribution is -0.115. The number of nitrogens with zero attached hydrogens (tertiary/aromatic N) is 3. The van der Waals surface area contributed by atoms with Crippen LogP contribution < -0.4 is 10.6 Å². The first-order valence-electron chi connectivity index (χ1n) is 8.87. The van der Waals surface area contributed by atoms with Crippen LogP contribution in [0.5, 0.6) is 0 Å². The maximum atomic E-state index is 13.2. The second kappa shape index (κ2) is 8.95. The maximum Gasteiger partial charge on any atom is 0.238 e. The van der Waals surface area contributed by atoms with Gasteiger partial charge in [-0.15, -0.1) is 0 Å². The van der Waals surface area contributed by atoms with Gasteiger partial charge in [0, 0.05) is 11.1 Å². The zero-order valence-corrected chi connectivity index (χ0v) is 16.3. The summed E-state index contributed by atoms with van der Waals surface area (Å²) in [6.07, 6.45) is 2.96. The number of benzene rings is 2. The zero-order valence-electron chi connectivity index (χ0n) is 15.6. The van der Waals surface area contributed by atoms with Crippen LogP contribution in [0.25, 0.3) is 5.69 Å². The highest BCUT2D eigenvalue weighted by Gasteiger charge is 2.17. The summed E-state index contributed by atoms with van der Waals surface area (Å²) in [6, 6.07) is 11.4. The molecule has 3 aromatic rings. The highest BCUT2D eigenvalue weighted by Crippen LogP contribution is 2.24. The molecule has 0 aliphatic carbocycles. The van der Waals surface area contributed by atoms with Gasteiger partial charge in [0.15, 0.2) is 0 Å². The van der Waals surface area contributed by atoms with E-state index in [0.717, 1.165) is 5.56 Å².